The smallest absolute Gasteiger partial charge is 0.373 e. The number of nitrogens with zero attached hydrogens (tertiary/aromatic N) is 2. The Bertz CT molecular complexity index is 268. The molecule has 0 spiro atoms. The molecule has 0 aliphatic carbocycles. The molecule has 0 aromatic carbocycles. The van der Waals surface area contributed by atoms with Crippen molar-refractivity contribution in [3.63, 3.8) is 0 Å². The molecule has 0 radical (unpaired) electrons. The molecular formula is C8H19N2O3P. The minimum Gasteiger partial charge on any atom is -0.379 e. The van der Waals surface area contributed by atoms with E-state index in [0.717, 1.165) is 0 Å². The summed E-state index contributed by atoms with van der Waals surface area (Å²) >= 11 is 0. The zero-order chi connectivity index (χ0) is 11.5. The maximum atomic E-state index is 11.2. The lowest BCUT2D eigenvalue weighted by Crippen LogP contribution is -2.21. The normalized spacial score (nSPS) is 13.6. The van der Waals surface area contributed by atoms with Gasteiger partial charge in [-0.2, -0.15) is 0 Å². The monoisotopic (exact) mass is 222 g/mol. The molecule has 6 heteroatoms. The van der Waals surface area contributed by atoms with Gasteiger partial charge in [0.1, 0.15) is 5.44 Å². The predicted octanol–water partition coefficient (Wildman–Crippen LogP) is 0.866. The van der Waals surface area contributed by atoms with Gasteiger partial charge in [0.15, 0.2) is 0 Å². The first-order valence-electron chi connectivity index (χ1n) is 4.35. The molecule has 2 N–H and O–H groups in total. The van der Waals surface area contributed by atoms with Gasteiger partial charge in [0, 0.05) is 33.9 Å². The van der Waals surface area contributed by atoms with E-state index in [-0.39, 0.29) is 5.44 Å². The largest absolute Gasteiger partial charge is 0.379 e. The second-order valence-corrected chi connectivity index (χ2v) is 4.97. The Balaban J connectivity index is 5.45. The number of hydrogen-bond acceptors (Lipinski definition) is 3. The quantitative estimate of drug-likeness (QED) is 0.691. The topological polar surface area (TPSA) is 64.0 Å². The summed E-state index contributed by atoms with van der Waals surface area (Å²) in [6, 6.07) is 0. The van der Waals surface area contributed by atoms with Gasteiger partial charge in [-0.3, -0.25) is 4.57 Å². The van der Waals surface area contributed by atoms with Crippen LogP contribution in [0.15, 0.2) is 11.1 Å². The second kappa shape index (κ2) is 4.82. The van der Waals surface area contributed by atoms with Crippen LogP contribution in [0.5, 0.6) is 0 Å². The van der Waals surface area contributed by atoms with Crippen LogP contribution in [-0.4, -0.2) is 47.8 Å². The van der Waals surface area contributed by atoms with E-state index in [1.807, 2.05) is 6.92 Å². The predicted molar refractivity (Wildman–Crippen MR) is 56.7 cm³/mol. The van der Waals surface area contributed by atoms with Crippen LogP contribution in [0.3, 0.4) is 0 Å². The molecule has 0 atom stereocenters. The molecule has 0 aliphatic rings. The highest BCUT2D eigenvalue weighted by Gasteiger charge is 2.27. The summed E-state index contributed by atoms with van der Waals surface area (Å²) < 4.78 is 11.2. The summed E-state index contributed by atoms with van der Waals surface area (Å²) in [5, 5.41) is 0. The summed E-state index contributed by atoms with van der Waals surface area (Å²) in [6.07, 6.45) is 0.589. The van der Waals surface area contributed by atoms with Gasteiger partial charge in [0.2, 0.25) is 0 Å². The van der Waals surface area contributed by atoms with E-state index in [1.54, 1.807) is 33.1 Å². The van der Waals surface area contributed by atoms with E-state index in [9.17, 15) is 14.4 Å². The second-order valence-electron chi connectivity index (χ2n) is 3.46. The molecule has 0 amide bonds. The van der Waals surface area contributed by atoms with Crippen molar-refractivity contribution in [3.05, 3.63) is 11.1 Å². The lowest BCUT2D eigenvalue weighted by molar-refractivity contribution is 0.352. The maximum absolute atomic E-state index is 11.2. The Kier molecular flexibility index (Phi) is 4.65. The molecular weight excluding hydrogens is 203 g/mol. The van der Waals surface area contributed by atoms with Crippen LogP contribution in [0.25, 0.3) is 0 Å². The van der Waals surface area contributed by atoms with Gasteiger partial charge in [-0.15, -0.1) is 0 Å². The summed E-state index contributed by atoms with van der Waals surface area (Å²) in [5.74, 6) is 0. The number of rotatable bonds is 4. The summed E-state index contributed by atoms with van der Waals surface area (Å²) in [6.45, 7) is 1.87. The minimum absolute atomic E-state index is 0.0880. The summed E-state index contributed by atoms with van der Waals surface area (Å²) in [4.78, 5) is 21.6. The standard InChI is InChI=1S/C8H19N2O3P/c1-6-7(9(2)3)8(10(4)5)14(11,12)13/h6H2,1-5H3,(H2,11,12,13). The van der Waals surface area contributed by atoms with Crippen molar-refractivity contribution in [1.82, 2.24) is 9.80 Å². The Hall–Kier alpha value is -0.510. The van der Waals surface area contributed by atoms with Crippen molar-refractivity contribution in [3.8, 4) is 0 Å². The molecule has 5 nitrogen and oxygen atoms in total. The van der Waals surface area contributed by atoms with Crippen LogP contribution in [0.1, 0.15) is 13.3 Å². The lowest BCUT2D eigenvalue weighted by atomic mass is 10.3. The average Bonchev–Trinajstić information content (AvgIpc) is 1.95. The Labute approximate surface area is 85.2 Å². The van der Waals surface area contributed by atoms with Gasteiger partial charge in [-0.05, 0) is 6.42 Å². The van der Waals surface area contributed by atoms with Crippen molar-refractivity contribution in [2.24, 2.45) is 0 Å². The van der Waals surface area contributed by atoms with E-state index >= 15 is 0 Å². The molecule has 0 bridgehead atoms. The Morgan fingerprint density at radius 1 is 1.14 bits per heavy atom. The SMILES string of the molecule is CCC(=C(N(C)C)P(=O)(O)O)N(C)C. The van der Waals surface area contributed by atoms with E-state index in [2.05, 4.69) is 0 Å². The molecule has 84 valence electrons. The zero-order valence-corrected chi connectivity index (χ0v) is 10.2. The average molecular weight is 222 g/mol. The molecule has 0 aliphatic heterocycles. The third-order valence-electron chi connectivity index (χ3n) is 1.83. The summed E-state index contributed by atoms with van der Waals surface area (Å²) in [5.41, 5.74) is 0.744. The van der Waals surface area contributed by atoms with Gasteiger partial charge in [-0.1, -0.05) is 6.92 Å². The van der Waals surface area contributed by atoms with Gasteiger partial charge >= 0.3 is 7.60 Å². The van der Waals surface area contributed by atoms with Crippen LogP contribution in [0.4, 0.5) is 0 Å². The van der Waals surface area contributed by atoms with Crippen molar-refractivity contribution in [2.45, 2.75) is 13.3 Å². The van der Waals surface area contributed by atoms with Crippen LogP contribution in [-0.2, 0) is 4.57 Å². The highest BCUT2D eigenvalue weighted by molar-refractivity contribution is 7.56. The van der Waals surface area contributed by atoms with Crippen LogP contribution >= 0.6 is 7.60 Å². The first-order valence-corrected chi connectivity index (χ1v) is 5.97. The first kappa shape index (κ1) is 13.5. The number of hydrogen-bond donors (Lipinski definition) is 2. The van der Waals surface area contributed by atoms with Crippen LogP contribution in [0.2, 0.25) is 0 Å². The van der Waals surface area contributed by atoms with Gasteiger partial charge < -0.3 is 19.6 Å². The lowest BCUT2D eigenvalue weighted by Gasteiger charge is -2.26. The fraction of sp³-hybridized carbons (Fsp3) is 0.750. The molecule has 14 heavy (non-hydrogen) atoms. The summed E-state index contributed by atoms with van der Waals surface area (Å²) in [7, 11) is 2.62. The molecule has 0 fully saturated rings. The molecule has 0 rings (SSSR count). The van der Waals surface area contributed by atoms with Crippen molar-refractivity contribution >= 4 is 7.60 Å². The van der Waals surface area contributed by atoms with Crippen molar-refractivity contribution in [2.75, 3.05) is 28.2 Å². The third-order valence-corrected chi connectivity index (χ3v) is 3.04. The highest BCUT2D eigenvalue weighted by Crippen LogP contribution is 2.48. The third kappa shape index (κ3) is 3.33. The van der Waals surface area contributed by atoms with Gasteiger partial charge in [0.05, 0.1) is 0 Å². The Morgan fingerprint density at radius 3 is 1.64 bits per heavy atom. The Morgan fingerprint density at radius 2 is 1.57 bits per heavy atom. The fourth-order valence-electron chi connectivity index (χ4n) is 1.36. The molecule has 0 aromatic heterocycles. The maximum Gasteiger partial charge on any atom is 0.373 e. The van der Waals surface area contributed by atoms with E-state index in [1.165, 1.54) is 4.90 Å². The highest BCUT2D eigenvalue weighted by atomic mass is 31.2. The molecule has 0 aromatic rings. The molecule has 0 saturated carbocycles. The minimum atomic E-state index is -4.19. The van der Waals surface area contributed by atoms with E-state index in [0.29, 0.717) is 12.1 Å². The van der Waals surface area contributed by atoms with E-state index in [4.69, 9.17) is 0 Å². The van der Waals surface area contributed by atoms with Crippen LogP contribution in [0, 0.1) is 0 Å². The molecule has 0 saturated heterocycles. The van der Waals surface area contributed by atoms with E-state index < -0.39 is 7.60 Å². The van der Waals surface area contributed by atoms with Gasteiger partial charge in [0.25, 0.3) is 0 Å². The van der Waals surface area contributed by atoms with Crippen molar-refractivity contribution < 1.29 is 14.4 Å². The van der Waals surface area contributed by atoms with Crippen molar-refractivity contribution in [1.29, 1.82) is 0 Å². The number of allylic oxidation sites excluding steroid dienone is 1. The zero-order valence-electron chi connectivity index (χ0n) is 9.35. The molecule has 0 unspecified atom stereocenters. The molecule has 0 heterocycles. The fourth-order valence-corrected chi connectivity index (χ4v) is 2.58. The van der Waals surface area contributed by atoms with Crippen LogP contribution < -0.4 is 0 Å². The first-order chi connectivity index (χ1) is 6.21. The van der Waals surface area contributed by atoms with Gasteiger partial charge in [-0.25, -0.2) is 0 Å².